The molecule has 0 aliphatic carbocycles. The number of H-pyrrole nitrogens is 1. The third kappa shape index (κ3) is 2.35. The first kappa shape index (κ1) is 9.71. The molecule has 1 unspecified atom stereocenters. The van der Waals surface area contributed by atoms with Crippen LogP contribution >= 0.6 is 0 Å². The molecule has 0 aromatic carbocycles. The van der Waals surface area contributed by atoms with Crippen LogP contribution in [-0.4, -0.2) is 42.6 Å². The summed E-state index contributed by atoms with van der Waals surface area (Å²) >= 11 is 0. The summed E-state index contributed by atoms with van der Waals surface area (Å²) in [6.07, 6.45) is 1.92. The smallest absolute Gasteiger partial charge is 0.0576 e. The van der Waals surface area contributed by atoms with Crippen molar-refractivity contribution >= 4 is 0 Å². The van der Waals surface area contributed by atoms with Crippen molar-refractivity contribution in [3.05, 3.63) is 24.0 Å². The van der Waals surface area contributed by atoms with E-state index in [1.54, 1.807) is 0 Å². The number of piperazine rings is 1. The second kappa shape index (κ2) is 4.59. The molecule has 1 aliphatic heterocycles. The Hall–Kier alpha value is -0.840. The molecule has 2 heterocycles. The van der Waals surface area contributed by atoms with E-state index in [-0.39, 0.29) is 6.04 Å². The number of nitrogens with zero attached hydrogens (tertiary/aromatic N) is 1. The van der Waals surface area contributed by atoms with E-state index in [4.69, 9.17) is 5.73 Å². The third-order valence-electron chi connectivity index (χ3n) is 2.69. The Kier molecular flexibility index (Phi) is 3.18. The summed E-state index contributed by atoms with van der Waals surface area (Å²) in [6.45, 7) is 5.32. The molecule has 0 spiro atoms. The fourth-order valence-corrected chi connectivity index (χ4v) is 1.85. The van der Waals surface area contributed by atoms with Crippen LogP contribution in [-0.2, 0) is 0 Å². The van der Waals surface area contributed by atoms with Gasteiger partial charge in [0, 0.05) is 44.6 Å². The number of rotatable bonds is 3. The van der Waals surface area contributed by atoms with E-state index in [0.717, 1.165) is 38.4 Å². The van der Waals surface area contributed by atoms with Crippen LogP contribution in [0, 0.1) is 0 Å². The minimum atomic E-state index is 0.114. The zero-order valence-electron chi connectivity index (χ0n) is 8.37. The van der Waals surface area contributed by atoms with Gasteiger partial charge in [-0.2, -0.15) is 0 Å². The normalized spacial score (nSPS) is 20.9. The number of nitrogens with one attached hydrogen (secondary N) is 2. The quantitative estimate of drug-likeness (QED) is 0.631. The Morgan fingerprint density at radius 3 is 2.86 bits per heavy atom. The highest BCUT2D eigenvalue weighted by Crippen LogP contribution is 2.09. The lowest BCUT2D eigenvalue weighted by molar-refractivity contribution is 0.227. The van der Waals surface area contributed by atoms with Crippen LogP contribution in [0.1, 0.15) is 11.7 Å². The minimum Gasteiger partial charge on any atom is -0.364 e. The lowest BCUT2D eigenvalue weighted by Crippen LogP contribution is -2.46. The molecule has 14 heavy (non-hydrogen) atoms. The maximum atomic E-state index is 6.08. The number of hydrogen-bond donors (Lipinski definition) is 3. The molecule has 0 radical (unpaired) electrons. The standard InChI is InChI=1S/C10H18N4/c11-9(10-2-1-3-13-10)8-14-6-4-12-5-7-14/h1-3,9,12-13H,4-8,11H2. The van der Waals surface area contributed by atoms with E-state index in [0.29, 0.717) is 0 Å². The van der Waals surface area contributed by atoms with Crippen LogP contribution in [0.3, 0.4) is 0 Å². The molecule has 0 amide bonds. The predicted molar refractivity (Wildman–Crippen MR) is 57.0 cm³/mol. The molecule has 1 aliphatic rings. The van der Waals surface area contributed by atoms with Gasteiger partial charge in [-0.15, -0.1) is 0 Å². The van der Waals surface area contributed by atoms with Crippen molar-refractivity contribution in [1.82, 2.24) is 15.2 Å². The highest BCUT2D eigenvalue weighted by atomic mass is 15.2. The highest BCUT2D eigenvalue weighted by molar-refractivity contribution is 5.08. The summed E-state index contributed by atoms with van der Waals surface area (Å²) in [5.41, 5.74) is 7.21. The van der Waals surface area contributed by atoms with Crippen molar-refractivity contribution in [3.8, 4) is 0 Å². The van der Waals surface area contributed by atoms with Crippen LogP contribution in [0.2, 0.25) is 0 Å². The monoisotopic (exact) mass is 194 g/mol. The molecule has 0 bridgehead atoms. The summed E-state index contributed by atoms with van der Waals surface area (Å²) < 4.78 is 0. The van der Waals surface area contributed by atoms with Crippen molar-refractivity contribution in [2.24, 2.45) is 5.73 Å². The number of nitrogens with two attached hydrogens (primary N) is 1. The topological polar surface area (TPSA) is 57.1 Å². The van der Waals surface area contributed by atoms with Crippen LogP contribution in [0.25, 0.3) is 0 Å². The van der Waals surface area contributed by atoms with Gasteiger partial charge in [-0.25, -0.2) is 0 Å². The predicted octanol–water partition coefficient (Wildman–Crippen LogP) is -0.0803. The van der Waals surface area contributed by atoms with Gasteiger partial charge < -0.3 is 16.0 Å². The van der Waals surface area contributed by atoms with Crippen LogP contribution in [0.5, 0.6) is 0 Å². The van der Waals surface area contributed by atoms with Crippen molar-refractivity contribution < 1.29 is 0 Å². The molecule has 2 rings (SSSR count). The van der Waals surface area contributed by atoms with E-state index >= 15 is 0 Å². The average Bonchev–Trinajstić information content (AvgIpc) is 2.72. The summed E-state index contributed by atoms with van der Waals surface area (Å²) in [7, 11) is 0. The molecule has 1 atom stereocenters. The van der Waals surface area contributed by atoms with Gasteiger partial charge in [0.05, 0.1) is 6.04 Å². The lowest BCUT2D eigenvalue weighted by Gasteiger charge is -2.29. The zero-order valence-corrected chi connectivity index (χ0v) is 8.37. The Bertz CT molecular complexity index is 251. The molecule has 1 fully saturated rings. The fraction of sp³-hybridized carbons (Fsp3) is 0.600. The highest BCUT2D eigenvalue weighted by Gasteiger charge is 2.14. The van der Waals surface area contributed by atoms with Gasteiger partial charge in [-0.05, 0) is 12.1 Å². The van der Waals surface area contributed by atoms with E-state index in [9.17, 15) is 0 Å². The summed E-state index contributed by atoms with van der Waals surface area (Å²) in [5.74, 6) is 0. The van der Waals surface area contributed by atoms with Gasteiger partial charge in [0.1, 0.15) is 0 Å². The second-order valence-corrected chi connectivity index (χ2v) is 3.78. The number of aromatic amines is 1. The maximum absolute atomic E-state index is 6.08. The third-order valence-corrected chi connectivity index (χ3v) is 2.69. The van der Waals surface area contributed by atoms with Gasteiger partial charge in [-0.1, -0.05) is 0 Å². The number of aromatic nitrogens is 1. The van der Waals surface area contributed by atoms with Gasteiger partial charge >= 0.3 is 0 Å². The van der Waals surface area contributed by atoms with Crippen molar-refractivity contribution in [2.45, 2.75) is 6.04 Å². The zero-order chi connectivity index (χ0) is 9.80. The van der Waals surface area contributed by atoms with E-state index in [1.165, 1.54) is 0 Å². The van der Waals surface area contributed by atoms with Crippen molar-refractivity contribution in [2.75, 3.05) is 32.7 Å². The first-order chi connectivity index (χ1) is 6.86. The fourth-order valence-electron chi connectivity index (χ4n) is 1.85. The Morgan fingerprint density at radius 2 is 2.21 bits per heavy atom. The second-order valence-electron chi connectivity index (χ2n) is 3.78. The molecule has 0 saturated carbocycles. The maximum Gasteiger partial charge on any atom is 0.0576 e. The molecule has 4 N–H and O–H groups in total. The van der Waals surface area contributed by atoms with E-state index in [2.05, 4.69) is 15.2 Å². The van der Waals surface area contributed by atoms with Gasteiger partial charge in [0.2, 0.25) is 0 Å². The molecular weight excluding hydrogens is 176 g/mol. The van der Waals surface area contributed by atoms with Gasteiger partial charge in [-0.3, -0.25) is 4.90 Å². The van der Waals surface area contributed by atoms with E-state index < -0.39 is 0 Å². The summed E-state index contributed by atoms with van der Waals surface area (Å²) in [6, 6.07) is 4.16. The number of hydrogen-bond acceptors (Lipinski definition) is 3. The molecule has 1 aromatic rings. The molecule has 1 saturated heterocycles. The first-order valence-electron chi connectivity index (χ1n) is 5.18. The lowest BCUT2D eigenvalue weighted by atomic mass is 10.2. The minimum absolute atomic E-state index is 0.114. The largest absolute Gasteiger partial charge is 0.364 e. The van der Waals surface area contributed by atoms with Gasteiger partial charge in [0.15, 0.2) is 0 Å². The molecule has 4 nitrogen and oxygen atoms in total. The molecular formula is C10H18N4. The molecule has 4 heteroatoms. The SMILES string of the molecule is NC(CN1CCNCC1)c1ccc[nH]1. The van der Waals surface area contributed by atoms with E-state index in [1.807, 2.05) is 18.3 Å². The molecule has 1 aromatic heterocycles. The van der Waals surface area contributed by atoms with Crippen molar-refractivity contribution in [3.63, 3.8) is 0 Å². The first-order valence-corrected chi connectivity index (χ1v) is 5.18. The van der Waals surface area contributed by atoms with Crippen LogP contribution < -0.4 is 11.1 Å². The molecule has 78 valence electrons. The summed E-state index contributed by atoms with van der Waals surface area (Å²) in [5, 5.41) is 3.33. The van der Waals surface area contributed by atoms with Crippen molar-refractivity contribution in [1.29, 1.82) is 0 Å². The Balaban J connectivity index is 1.84. The Labute approximate surface area is 84.5 Å². The Morgan fingerprint density at radius 1 is 1.43 bits per heavy atom. The van der Waals surface area contributed by atoms with Crippen LogP contribution in [0.15, 0.2) is 18.3 Å². The van der Waals surface area contributed by atoms with Crippen LogP contribution in [0.4, 0.5) is 0 Å². The van der Waals surface area contributed by atoms with Gasteiger partial charge in [0.25, 0.3) is 0 Å². The summed E-state index contributed by atoms with van der Waals surface area (Å²) in [4.78, 5) is 5.56. The average molecular weight is 194 g/mol.